The maximum absolute atomic E-state index is 3.65. The Morgan fingerprint density at radius 3 is 2.95 bits per heavy atom. The summed E-state index contributed by atoms with van der Waals surface area (Å²) in [6.45, 7) is 4.14. The van der Waals surface area contributed by atoms with E-state index in [1.54, 1.807) is 0 Å². The van der Waals surface area contributed by atoms with Gasteiger partial charge >= 0.3 is 0 Å². The van der Waals surface area contributed by atoms with E-state index in [1.165, 1.54) is 41.8 Å². The summed E-state index contributed by atoms with van der Waals surface area (Å²) in [7, 11) is 2.18. The maximum Gasteiger partial charge on any atom is 0.0490 e. The molecule has 2 aromatic rings. The number of nitrogens with zero attached hydrogens (tertiary/aromatic N) is 1. The number of aryl methyl sites for hydroxylation is 2. The summed E-state index contributed by atoms with van der Waals surface area (Å²) in [4.78, 5) is 2.35. The summed E-state index contributed by atoms with van der Waals surface area (Å²) < 4.78 is 1.16. The number of anilines is 2. The summed E-state index contributed by atoms with van der Waals surface area (Å²) in [5, 5.41) is 3.53. The predicted molar refractivity (Wildman–Crippen MR) is 94.2 cm³/mol. The van der Waals surface area contributed by atoms with Gasteiger partial charge in [-0.15, -0.1) is 0 Å². The molecule has 1 aliphatic rings. The lowest BCUT2D eigenvalue weighted by atomic mass is 9.99. The molecule has 1 aliphatic heterocycles. The van der Waals surface area contributed by atoms with Crippen molar-refractivity contribution in [2.75, 3.05) is 23.8 Å². The number of rotatable bonds is 3. The summed E-state index contributed by atoms with van der Waals surface area (Å²) in [6.07, 6.45) is 2.45. The molecule has 110 valence electrons. The molecule has 1 N–H and O–H groups in total. The molecule has 1 heterocycles. The molecule has 21 heavy (non-hydrogen) atoms. The molecule has 0 radical (unpaired) electrons. The van der Waals surface area contributed by atoms with Crippen LogP contribution < -0.4 is 10.2 Å². The molecule has 2 nitrogen and oxygen atoms in total. The van der Waals surface area contributed by atoms with Crippen molar-refractivity contribution in [3.8, 4) is 0 Å². The first-order valence-electron chi connectivity index (χ1n) is 7.47. The highest BCUT2D eigenvalue weighted by Gasteiger charge is 2.13. The van der Waals surface area contributed by atoms with E-state index in [0.29, 0.717) is 0 Å². The Morgan fingerprint density at radius 1 is 1.24 bits per heavy atom. The third kappa shape index (κ3) is 3.08. The van der Waals surface area contributed by atoms with E-state index in [1.807, 2.05) is 0 Å². The van der Waals surface area contributed by atoms with Gasteiger partial charge in [0.1, 0.15) is 0 Å². The highest BCUT2D eigenvalue weighted by Crippen LogP contribution is 2.28. The highest BCUT2D eigenvalue weighted by molar-refractivity contribution is 9.10. The van der Waals surface area contributed by atoms with Gasteiger partial charge in [0.2, 0.25) is 0 Å². The third-order valence-electron chi connectivity index (χ3n) is 4.17. The molecule has 0 saturated carbocycles. The average Bonchev–Trinajstić information content (AvgIpc) is 2.49. The molecule has 0 atom stereocenters. The molecule has 2 aromatic carbocycles. The van der Waals surface area contributed by atoms with E-state index >= 15 is 0 Å². The van der Waals surface area contributed by atoms with Crippen LogP contribution in [0, 0.1) is 6.92 Å². The Morgan fingerprint density at radius 2 is 2.10 bits per heavy atom. The lowest BCUT2D eigenvalue weighted by molar-refractivity contribution is 0.743. The molecule has 3 rings (SSSR count). The molecule has 0 saturated heterocycles. The smallest absolute Gasteiger partial charge is 0.0490 e. The SMILES string of the molecule is Cc1cccc(NCc2ccc3c(c2)CCCN3C)c1Br. The fourth-order valence-corrected chi connectivity index (χ4v) is 3.33. The zero-order valence-corrected chi connectivity index (χ0v) is 14.2. The van der Waals surface area contributed by atoms with Crippen LogP contribution >= 0.6 is 15.9 Å². The van der Waals surface area contributed by atoms with E-state index in [9.17, 15) is 0 Å². The van der Waals surface area contributed by atoms with Gasteiger partial charge in [-0.25, -0.2) is 0 Å². The van der Waals surface area contributed by atoms with E-state index in [0.717, 1.165) is 16.7 Å². The van der Waals surface area contributed by atoms with Crippen LogP contribution in [0.2, 0.25) is 0 Å². The summed E-state index contributed by atoms with van der Waals surface area (Å²) in [5.41, 5.74) is 6.63. The monoisotopic (exact) mass is 344 g/mol. The number of hydrogen-bond acceptors (Lipinski definition) is 2. The van der Waals surface area contributed by atoms with Gasteiger partial charge in [0.05, 0.1) is 0 Å². The van der Waals surface area contributed by atoms with Crippen LogP contribution in [0.15, 0.2) is 40.9 Å². The van der Waals surface area contributed by atoms with E-state index in [-0.39, 0.29) is 0 Å². The molecule has 0 bridgehead atoms. The van der Waals surface area contributed by atoms with Gasteiger partial charge in [0.15, 0.2) is 0 Å². The molecule has 0 unspecified atom stereocenters. The number of fused-ring (bicyclic) bond motifs is 1. The second kappa shape index (κ2) is 6.10. The minimum atomic E-state index is 0.860. The topological polar surface area (TPSA) is 15.3 Å². The van der Waals surface area contributed by atoms with Gasteiger partial charge in [0, 0.05) is 36.0 Å². The van der Waals surface area contributed by atoms with Crippen molar-refractivity contribution in [3.05, 3.63) is 57.6 Å². The first-order chi connectivity index (χ1) is 10.1. The van der Waals surface area contributed by atoms with E-state index in [2.05, 4.69) is 76.5 Å². The van der Waals surface area contributed by atoms with Crippen molar-refractivity contribution < 1.29 is 0 Å². The van der Waals surface area contributed by atoms with Crippen LogP contribution in [0.4, 0.5) is 11.4 Å². The Labute approximate surface area is 135 Å². The van der Waals surface area contributed by atoms with Crippen molar-refractivity contribution in [2.24, 2.45) is 0 Å². The number of hydrogen-bond donors (Lipinski definition) is 1. The second-order valence-electron chi connectivity index (χ2n) is 5.78. The van der Waals surface area contributed by atoms with Gasteiger partial charge in [-0.1, -0.05) is 24.3 Å². The van der Waals surface area contributed by atoms with Gasteiger partial charge < -0.3 is 10.2 Å². The second-order valence-corrected chi connectivity index (χ2v) is 6.57. The molecular weight excluding hydrogens is 324 g/mol. The molecule has 0 spiro atoms. The van der Waals surface area contributed by atoms with E-state index < -0.39 is 0 Å². The van der Waals surface area contributed by atoms with Crippen molar-refractivity contribution in [2.45, 2.75) is 26.3 Å². The number of benzene rings is 2. The van der Waals surface area contributed by atoms with Crippen LogP contribution in [0.5, 0.6) is 0 Å². The molecule has 0 aromatic heterocycles. The molecule has 3 heteroatoms. The van der Waals surface area contributed by atoms with E-state index in [4.69, 9.17) is 0 Å². The Kier molecular flexibility index (Phi) is 4.20. The zero-order valence-electron chi connectivity index (χ0n) is 12.6. The van der Waals surface area contributed by atoms with Crippen LogP contribution in [0.3, 0.4) is 0 Å². The van der Waals surface area contributed by atoms with Gasteiger partial charge in [-0.3, -0.25) is 0 Å². The zero-order chi connectivity index (χ0) is 14.8. The highest BCUT2D eigenvalue weighted by atomic mass is 79.9. The fourth-order valence-electron chi connectivity index (χ4n) is 2.93. The lowest BCUT2D eigenvalue weighted by Gasteiger charge is -2.28. The fraction of sp³-hybridized carbons (Fsp3) is 0.333. The predicted octanol–water partition coefficient (Wildman–Crippen LogP) is 4.75. The average molecular weight is 345 g/mol. The third-order valence-corrected chi connectivity index (χ3v) is 5.22. The lowest BCUT2D eigenvalue weighted by Crippen LogP contribution is -2.24. The summed E-state index contributed by atoms with van der Waals surface area (Å²) >= 11 is 3.65. The van der Waals surface area contributed by atoms with Crippen molar-refractivity contribution >= 4 is 27.3 Å². The quantitative estimate of drug-likeness (QED) is 0.863. The Balaban J connectivity index is 1.75. The normalized spacial score (nSPS) is 14.0. The van der Waals surface area contributed by atoms with Gasteiger partial charge in [-0.05, 0) is 64.5 Å². The van der Waals surface area contributed by atoms with Gasteiger partial charge in [0.25, 0.3) is 0 Å². The molecule has 0 amide bonds. The Bertz CT molecular complexity index is 652. The van der Waals surface area contributed by atoms with Crippen molar-refractivity contribution in [1.29, 1.82) is 0 Å². The number of halogens is 1. The summed E-state index contributed by atoms with van der Waals surface area (Å²) in [6, 6.07) is 13.2. The van der Waals surface area contributed by atoms with Crippen LogP contribution in [0.1, 0.15) is 23.1 Å². The largest absolute Gasteiger partial charge is 0.380 e. The van der Waals surface area contributed by atoms with Crippen LogP contribution in [-0.2, 0) is 13.0 Å². The van der Waals surface area contributed by atoms with Crippen LogP contribution in [0.25, 0.3) is 0 Å². The molecular formula is C18H21BrN2. The minimum Gasteiger partial charge on any atom is -0.380 e. The molecule has 0 aliphatic carbocycles. The minimum absolute atomic E-state index is 0.860. The molecule has 0 fully saturated rings. The van der Waals surface area contributed by atoms with Crippen LogP contribution in [-0.4, -0.2) is 13.6 Å². The first kappa shape index (κ1) is 14.5. The Hall–Kier alpha value is -1.48. The maximum atomic E-state index is 3.65. The summed E-state index contributed by atoms with van der Waals surface area (Å²) in [5.74, 6) is 0. The standard InChI is InChI=1S/C18H21BrN2/c1-13-5-3-7-16(18(13)19)20-12-14-8-9-17-15(11-14)6-4-10-21(17)2/h3,5,7-9,11,20H,4,6,10,12H2,1-2H3. The van der Waals surface area contributed by atoms with Crippen molar-refractivity contribution in [1.82, 2.24) is 0 Å². The van der Waals surface area contributed by atoms with Gasteiger partial charge in [-0.2, -0.15) is 0 Å². The first-order valence-corrected chi connectivity index (χ1v) is 8.26. The number of nitrogens with one attached hydrogen (secondary N) is 1. The van der Waals surface area contributed by atoms with Crippen molar-refractivity contribution in [3.63, 3.8) is 0 Å².